The number of nitrogens with zero attached hydrogens (tertiary/aromatic N) is 1. The topological polar surface area (TPSA) is 55.2 Å². The molecule has 1 N–H and O–H groups in total. The predicted molar refractivity (Wildman–Crippen MR) is 75.3 cm³/mol. The fourth-order valence-corrected chi connectivity index (χ4v) is 1.99. The van der Waals surface area contributed by atoms with E-state index in [1.54, 1.807) is 12.1 Å². The Kier molecular flexibility index (Phi) is 5.92. The van der Waals surface area contributed by atoms with Gasteiger partial charge in [-0.15, -0.1) is 0 Å². The summed E-state index contributed by atoms with van der Waals surface area (Å²) in [6.07, 6.45) is 4.37. The summed E-state index contributed by atoms with van der Waals surface area (Å²) < 4.78 is 0. The highest BCUT2D eigenvalue weighted by atomic mass is 35.5. The second kappa shape index (κ2) is 7.21. The molecule has 100 valence electrons. The van der Waals surface area contributed by atoms with Crippen molar-refractivity contribution in [3.8, 4) is 0 Å². The molecule has 0 aromatic heterocycles. The van der Waals surface area contributed by atoms with Gasteiger partial charge in [0.25, 0.3) is 5.69 Å². The highest BCUT2D eigenvalue weighted by Crippen LogP contribution is 2.28. The summed E-state index contributed by atoms with van der Waals surface area (Å²) in [4.78, 5) is 10.3. The van der Waals surface area contributed by atoms with E-state index in [0.717, 1.165) is 31.4 Å². The minimum absolute atomic E-state index is 0.0491. The molecular formula is C13H19ClN2O2. The molecule has 0 saturated heterocycles. The van der Waals surface area contributed by atoms with Gasteiger partial charge in [-0.1, -0.05) is 38.3 Å². The van der Waals surface area contributed by atoms with Gasteiger partial charge in [0.2, 0.25) is 0 Å². The average Bonchev–Trinajstić information content (AvgIpc) is 2.36. The number of nitro groups is 1. The van der Waals surface area contributed by atoms with Crippen molar-refractivity contribution in [1.82, 2.24) is 0 Å². The standard InChI is InChI=1S/C13H19ClN2O2/c1-3-5-6-10(4-2)15-11-7-8-12(14)13(9-11)16(17)18/h7-10,15H,3-6H2,1-2H3. The molecule has 0 amide bonds. The van der Waals surface area contributed by atoms with Crippen molar-refractivity contribution in [2.24, 2.45) is 0 Å². The highest BCUT2D eigenvalue weighted by molar-refractivity contribution is 6.32. The van der Waals surface area contributed by atoms with Gasteiger partial charge in [0.05, 0.1) is 4.92 Å². The van der Waals surface area contributed by atoms with Gasteiger partial charge in [0.15, 0.2) is 0 Å². The van der Waals surface area contributed by atoms with Crippen LogP contribution in [-0.2, 0) is 0 Å². The van der Waals surface area contributed by atoms with Crippen LogP contribution in [0.25, 0.3) is 0 Å². The van der Waals surface area contributed by atoms with Gasteiger partial charge < -0.3 is 5.32 Å². The molecular weight excluding hydrogens is 252 g/mol. The quantitative estimate of drug-likeness (QED) is 0.580. The van der Waals surface area contributed by atoms with Crippen LogP contribution < -0.4 is 5.32 Å². The van der Waals surface area contributed by atoms with Crippen LogP contribution in [-0.4, -0.2) is 11.0 Å². The monoisotopic (exact) mass is 270 g/mol. The second-order valence-corrected chi connectivity index (χ2v) is 4.72. The lowest BCUT2D eigenvalue weighted by Gasteiger charge is -2.17. The second-order valence-electron chi connectivity index (χ2n) is 4.32. The molecule has 0 bridgehead atoms. The van der Waals surface area contributed by atoms with E-state index in [9.17, 15) is 10.1 Å². The molecule has 18 heavy (non-hydrogen) atoms. The van der Waals surface area contributed by atoms with Gasteiger partial charge in [-0.25, -0.2) is 0 Å². The molecule has 1 unspecified atom stereocenters. The Morgan fingerprint density at radius 2 is 2.17 bits per heavy atom. The molecule has 0 heterocycles. The number of benzene rings is 1. The zero-order valence-corrected chi connectivity index (χ0v) is 11.5. The van der Waals surface area contributed by atoms with E-state index < -0.39 is 4.92 Å². The summed E-state index contributed by atoms with van der Waals surface area (Å²) in [7, 11) is 0. The number of nitro benzene ring substituents is 1. The van der Waals surface area contributed by atoms with Gasteiger partial charge in [-0.2, -0.15) is 0 Å². The third-order valence-corrected chi connectivity index (χ3v) is 3.23. The average molecular weight is 271 g/mol. The maximum absolute atomic E-state index is 10.8. The van der Waals surface area contributed by atoms with Gasteiger partial charge in [-0.3, -0.25) is 10.1 Å². The maximum Gasteiger partial charge on any atom is 0.289 e. The first kappa shape index (κ1) is 14.8. The van der Waals surface area contributed by atoms with Crippen LogP contribution >= 0.6 is 11.6 Å². The van der Waals surface area contributed by atoms with Gasteiger partial charge in [0.1, 0.15) is 5.02 Å². The number of hydrogen-bond donors (Lipinski definition) is 1. The molecule has 1 aromatic rings. The normalized spacial score (nSPS) is 12.2. The van der Waals surface area contributed by atoms with Gasteiger partial charge in [-0.05, 0) is 25.0 Å². The first-order valence-corrected chi connectivity index (χ1v) is 6.66. The van der Waals surface area contributed by atoms with E-state index >= 15 is 0 Å². The fraction of sp³-hybridized carbons (Fsp3) is 0.538. The summed E-state index contributed by atoms with van der Waals surface area (Å²) in [5.41, 5.74) is 0.709. The van der Waals surface area contributed by atoms with Gasteiger partial charge >= 0.3 is 0 Å². The number of nitrogens with one attached hydrogen (secondary N) is 1. The summed E-state index contributed by atoms with van der Waals surface area (Å²) in [5, 5.41) is 14.3. The largest absolute Gasteiger partial charge is 0.382 e. The molecule has 0 aliphatic carbocycles. The van der Waals surface area contributed by atoms with E-state index in [1.807, 2.05) is 0 Å². The van der Waals surface area contributed by atoms with Crippen LogP contribution in [0.3, 0.4) is 0 Å². The van der Waals surface area contributed by atoms with Crippen molar-refractivity contribution < 1.29 is 4.92 Å². The Morgan fingerprint density at radius 3 is 2.72 bits per heavy atom. The van der Waals surface area contributed by atoms with Crippen molar-refractivity contribution in [3.05, 3.63) is 33.3 Å². The van der Waals surface area contributed by atoms with Crippen LogP contribution in [0.15, 0.2) is 18.2 Å². The van der Waals surface area contributed by atoms with E-state index in [1.165, 1.54) is 6.07 Å². The van der Waals surface area contributed by atoms with Crippen molar-refractivity contribution in [1.29, 1.82) is 0 Å². The molecule has 1 aromatic carbocycles. The minimum Gasteiger partial charge on any atom is -0.382 e. The zero-order chi connectivity index (χ0) is 13.5. The molecule has 4 nitrogen and oxygen atoms in total. The Hall–Kier alpha value is -1.29. The van der Waals surface area contributed by atoms with E-state index in [0.29, 0.717) is 6.04 Å². The number of hydrogen-bond acceptors (Lipinski definition) is 3. The number of rotatable bonds is 7. The Bertz CT molecular complexity index is 410. The van der Waals surface area contributed by atoms with Crippen molar-refractivity contribution in [3.63, 3.8) is 0 Å². The molecule has 0 saturated carbocycles. The lowest BCUT2D eigenvalue weighted by atomic mass is 10.1. The minimum atomic E-state index is -0.458. The van der Waals surface area contributed by atoms with Crippen LogP contribution in [0.4, 0.5) is 11.4 Å². The first-order valence-electron chi connectivity index (χ1n) is 6.29. The third-order valence-electron chi connectivity index (χ3n) is 2.91. The summed E-state index contributed by atoms with van der Waals surface area (Å²) >= 11 is 5.78. The van der Waals surface area contributed by atoms with Crippen LogP contribution in [0, 0.1) is 10.1 Å². The van der Waals surface area contributed by atoms with Crippen molar-refractivity contribution >= 4 is 23.0 Å². The summed E-state index contributed by atoms with van der Waals surface area (Å²) in [6, 6.07) is 5.20. The Morgan fingerprint density at radius 1 is 1.44 bits per heavy atom. The number of halogens is 1. The van der Waals surface area contributed by atoms with E-state index in [2.05, 4.69) is 19.2 Å². The number of unbranched alkanes of at least 4 members (excludes halogenated alkanes) is 1. The predicted octanol–water partition coefficient (Wildman–Crippen LogP) is 4.63. The molecule has 0 spiro atoms. The molecule has 0 fully saturated rings. The molecule has 0 aliphatic heterocycles. The van der Waals surface area contributed by atoms with E-state index in [-0.39, 0.29) is 10.7 Å². The fourth-order valence-electron chi connectivity index (χ4n) is 1.81. The first-order chi connectivity index (χ1) is 8.58. The Balaban J connectivity index is 2.77. The summed E-state index contributed by atoms with van der Waals surface area (Å²) in [5.74, 6) is 0. The number of anilines is 1. The highest BCUT2D eigenvalue weighted by Gasteiger charge is 2.14. The maximum atomic E-state index is 10.8. The third kappa shape index (κ3) is 4.18. The molecule has 1 atom stereocenters. The molecule has 5 heteroatoms. The van der Waals surface area contributed by atoms with E-state index in [4.69, 9.17) is 11.6 Å². The zero-order valence-electron chi connectivity index (χ0n) is 10.8. The molecule has 0 radical (unpaired) electrons. The Labute approximate surface area is 112 Å². The van der Waals surface area contributed by atoms with Crippen molar-refractivity contribution in [2.75, 3.05) is 5.32 Å². The summed E-state index contributed by atoms with van der Waals surface area (Å²) in [6.45, 7) is 4.26. The lowest BCUT2D eigenvalue weighted by Crippen LogP contribution is -2.18. The molecule has 1 rings (SSSR count). The van der Waals surface area contributed by atoms with Gasteiger partial charge in [0, 0.05) is 17.8 Å². The van der Waals surface area contributed by atoms with Crippen LogP contribution in [0.5, 0.6) is 0 Å². The van der Waals surface area contributed by atoms with Crippen LogP contribution in [0.1, 0.15) is 39.5 Å². The SMILES string of the molecule is CCCCC(CC)Nc1ccc(Cl)c([N+](=O)[O-])c1. The lowest BCUT2D eigenvalue weighted by molar-refractivity contribution is -0.384. The van der Waals surface area contributed by atoms with Crippen LogP contribution in [0.2, 0.25) is 5.02 Å². The smallest absolute Gasteiger partial charge is 0.289 e. The van der Waals surface area contributed by atoms with Crippen molar-refractivity contribution in [2.45, 2.75) is 45.6 Å². The molecule has 0 aliphatic rings.